The minimum atomic E-state index is -0.551. The predicted octanol–water partition coefficient (Wildman–Crippen LogP) is 1.82. The highest BCUT2D eigenvalue weighted by molar-refractivity contribution is 5.91. The number of hydrogen-bond donors (Lipinski definition) is 0. The fourth-order valence-corrected chi connectivity index (χ4v) is 1.37. The molecule has 1 rings (SSSR count). The molecule has 17 heavy (non-hydrogen) atoms. The van der Waals surface area contributed by atoms with Gasteiger partial charge in [-0.2, -0.15) is 0 Å². The predicted molar refractivity (Wildman–Crippen MR) is 62.0 cm³/mol. The zero-order chi connectivity index (χ0) is 13.2. The van der Waals surface area contributed by atoms with Crippen molar-refractivity contribution in [2.24, 2.45) is 7.05 Å². The Morgan fingerprint density at radius 2 is 2.00 bits per heavy atom. The summed E-state index contributed by atoms with van der Waals surface area (Å²) in [5, 5.41) is 0. The van der Waals surface area contributed by atoms with E-state index in [1.807, 2.05) is 0 Å². The maximum absolute atomic E-state index is 11.9. The van der Waals surface area contributed by atoms with E-state index in [-0.39, 0.29) is 0 Å². The van der Waals surface area contributed by atoms with Crippen LogP contribution in [0.2, 0.25) is 0 Å². The maximum atomic E-state index is 11.9. The van der Waals surface area contributed by atoms with Crippen LogP contribution in [-0.2, 0) is 16.6 Å². The molecule has 0 amide bonds. The van der Waals surface area contributed by atoms with Gasteiger partial charge in [0.05, 0.1) is 5.56 Å². The van der Waals surface area contributed by atoms with E-state index in [9.17, 15) is 9.59 Å². The first kappa shape index (κ1) is 13.3. The summed E-state index contributed by atoms with van der Waals surface area (Å²) < 4.78 is 11.6. The van der Waals surface area contributed by atoms with Gasteiger partial charge >= 0.3 is 5.97 Å². The first-order valence-electron chi connectivity index (χ1n) is 5.26. The Bertz CT molecular complexity index is 440. The Kier molecular flexibility index (Phi) is 3.60. The molecule has 0 unspecified atom stereocenters. The Labute approximate surface area is 100 Å². The lowest BCUT2D eigenvalue weighted by molar-refractivity contribution is -0.121. The standard InChI is InChI=1S/C12H17NO4/c1-8-9(11(15)17-12(2,3)4)6-10(13(8)5)16-7-14/h6-7H,1-5H3. The van der Waals surface area contributed by atoms with Crippen molar-refractivity contribution in [2.45, 2.75) is 33.3 Å². The summed E-state index contributed by atoms with van der Waals surface area (Å²) >= 11 is 0. The van der Waals surface area contributed by atoms with Crippen LogP contribution in [0.5, 0.6) is 5.88 Å². The number of rotatable bonds is 3. The molecule has 0 fully saturated rings. The van der Waals surface area contributed by atoms with Crippen molar-refractivity contribution in [3.63, 3.8) is 0 Å². The van der Waals surface area contributed by atoms with Gasteiger partial charge in [0.1, 0.15) is 5.60 Å². The molecule has 0 radical (unpaired) electrons. The summed E-state index contributed by atoms with van der Waals surface area (Å²) in [6.07, 6.45) is 0. The summed E-state index contributed by atoms with van der Waals surface area (Å²) in [4.78, 5) is 22.2. The number of carbonyl (C=O) groups excluding carboxylic acids is 2. The third kappa shape index (κ3) is 3.09. The molecular weight excluding hydrogens is 222 g/mol. The molecule has 0 saturated heterocycles. The van der Waals surface area contributed by atoms with E-state index in [1.165, 1.54) is 6.07 Å². The molecule has 0 aliphatic rings. The smallest absolute Gasteiger partial charge is 0.340 e. The van der Waals surface area contributed by atoms with E-state index >= 15 is 0 Å². The van der Waals surface area contributed by atoms with E-state index in [4.69, 9.17) is 9.47 Å². The number of esters is 1. The lowest BCUT2D eigenvalue weighted by Gasteiger charge is -2.19. The average Bonchev–Trinajstić information content (AvgIpc) is 2.44. The van der Waals surface area contributed by atoms with Gasteiger partial charge in [-0.25, -0.2) is 4.79 Å². The zero-order valence-corrected chi connectivity index (χ0v) is 10.7. The van der Waals surface area contributed by atoms with Crippen LogP contribution in [0.15, 0.2) is 6.07 Å². The zero-order valence-electron chi connectivity index (χ0n) is 10.7. The van der Waals surface area contributed by atoms with Crippen molar-refractivity contribution in [2.75, 3.05) is 0 Å². The van der Waals surface area contributed by atoms with E-state index in [0.717, 1.165) is 0 Å². The van der Waals surface area contributed by atoms with Crippen LogP contribution in [-0.4, -0.2) is 22.6 Å². The van der Waals surface area contributed by atoms with Crippen LogP contribution >= 0.6 is 0 Å². The molecule has 1 heterocycles. The Hall–Kier alpha value is -1.78. The van der Waals surface area contributed by atoms with Gasteiger partial charge in [-0.3, -0.25) is 4.79 Å². The Balaban J connectivity index is 3.02. The van der Waals surface area contributed by atoms with Gasteiger partial charge in [0, 0.05) is 18.8 Å². The van der Waals surface area contributed by atoms with E-state index in [0.29, 0.717) is 23.6 Å². The number of hydrogen-bond acceptors (Lipinski definition) is 4. The van der Waals surface area contributed by atoms with Crippen molar-refractivity contribution in [3.05, 3.63) is 17.3 Å². The molecule has 0 atom stereocenters. The van der Waals surface area contributed by atoms with E-state index < -0.39 is 11.6 Å². The molecule has 1 aromatic heterocycles. The van der Waals surface area contributed by atoms with Crippen LogP contribution < -0.4 is 4.74 Å². The highest BCUT2D eigenvalue weighted by Gasteiger charge is 2.22. The molecule has 0 spiro atoms. The molecule has 0 aromatic carbocycles. The topological polar surface area (TPSA) is 57.5 Å². The van der Waals surface area contributed by atoms with E-state index in [1.54, 1.807) is 39.3 Å². The molecular formula is C12H17NO4. The van der Waals surface area contributed by atoms with Gasteiger partial charge in [-0.05, 0) is 27.7 Å². The van der Waals surface area contributed by atoms with Gasteiger partial charge in [-0.15, -0.1) is 0 Å². The van der Waals surface area contributed by atoms with E-state index in [2.05, 4.69) is 0 Å². The van der Waals surface area contributed by atoms with Crippen LogP contribution in [0.1, 0.15) is 36.8 Å². The highest BCUT2D eigenvalue weighted by Crippen LogP contribution is 2.22. The minimum absolute atomic E-state index is 0.318. The number of nitrogens with zero attached hydrogens (tertiary/aromatic N) is 1. The second kappa shape index (κ2) is 4.61. The third-order valence-corrected chi connectivity index (χ3v) is 2.28. The lowest BCUT2D eigenvalue weighted by Crippen LogP contribution is -2.24. The second-order valence-corrected chi connectivity index (χ2v) is 4.76. The summed E-state index contributed by atoms with van der Waals surface area (Å²) in [6.45, 7) is 7.48. The number of carbonyl (C=O) groups is 2. The average molecular weight is 239 g/mol. The van der Waals surface area contributed by atoms with Gasteiger partial charge in [0.15, 0.2) is 0 Å². The summed E-state index contributed by atoms with van der Waals surface area (Å²) in [5.74, 6) is -0.107. The quantitative estimate of drug-likeness (QED) is 0.596. The molecule has 5 nitrogen and oxygen atoms in total. The Morgan fingerprint density at radius 1 is 1.41 bits per heavy atom. The van der Waals surface area contributed by atoms with Crippen LogP contribution in [0, 0.1) is 6.92 Å². The largest absolute Gasteiger partial charge is 0.456 e. The third-order valence-electron chi connectivity index (χ3n) is 2.28. The van der Waals surface area contributed by atoms with Crippen LogP contribution in [0.3, 0.4) is 0 Å². The second-order valence-electron chi connectivity index (χ2n) is 4.76. The molecule has 0 N–H and O–H groups in total. The van der Waals surface area contributed by atoms with Gasteiger partial charge < -0.3 is 14.0 Å². The van der Waals surface area contributed by atoms with Crippen molar-refractivity contribution >= 4 is 12.4 Å². The highest BCUT2D eigenvalue weighted by atomic mass is 16.6. The first-order valence-corrected chi connectivity index (χ1v) is 5.26. The SMILES string of the molecule is Cc1c(C(=O)OC(C)(C)C)cc(OC=O)n1C. The van der Waals surface area contributed by atoms with Gasteiger partial charge in [-0.1, -0.05) is 0 Å². The van der Waals surface area contributed by atoms with Crippen molar-refractivity contribution in [1.82, 2.24) is 4.57 Å². The van der Waals surface area contributed by atoms with Gasteiger partial charge in [0.2, 0.25) is 5.88 Å². The minimum Gasteiger partial charge on any atom is -0.456 e. The van der Waals surface area contributed by atoms with Crippen LogP contribution in [0.25, 0.3) is 0 Å². The number of aromatic nitrogens is 1. The van der Waals surface area contributed by atoms with Crippen molar-refractivity contribution in [1.29, 1.82) is 0 Å². The molecule has 0 aliphatic heterocycles. The lowest BCUT2D eigenvalue weighted by atomic mass is 10.2. The summed E-state index contributed by atoms with van der Waals surface area (Å²) in [6, 6.07) is 1.50. The summed E-state index contributed by atoms with van der Waals surface area (Å²) in [5.41, 5.74) is 0.542. The van der Waals surface area contributed by atoms with Gasteiger partial charge in [0.25, 0.3) is 6.47 Å². The van der Waals surface area contributed by atoms with Crippen LogP contribution in [0.4, 0.5) is 0 Å². The normalized spacial score (nSPS) is 11.1. The molecule has 94 valence electrons. The maximum Gasteiger partial charge on any atom is 0.340 e. The summed E-state index contributed by atoms with van der Waals surface area (Å²) in [7, 11) is 1.71. The molecule has 0 aliphatic carbocycles. The Morgan fingerprint density at radius 3 is 2.47 bits per heavy atom. The first-order chi connectivity index (χ1) is 7.76. The van der Waals surface area contributed by atoms with Crippen molar-refractivity contribution in [3.8, 4) is 5.88 Å². The fourth-order valence-electron chi connectivity index (χ4n) is 1.37. The molecule has 0 bridgehead atoms. The molecule has 0 saturated carbocycles. The fraction of sp³-hybridized carbons (Fsp3) is 0.500. The molecule has 1 aromatic rings. The molecule has 5 heteroatoms. The number of ether oxygens (including phenoxy) is 2. The monoisotopic (exact) mass is 239 g/mol. The van der Waals surface area contributed by atoms with Crippen molar-refractivity contribution < 1.29 is 19.1 Å².